The standard InChI is InChI=1S/C19H28N2O4/c1-8-9-21(15(22)10-11(2)3)14(6)18(23)16-12(4)17(19(24)25-7)20-13(16)5/h8,11,14,20H,1,9-10H2,2-7H3/t14-/m0/s1. The lowest BCUT2D eigenvalue weighted by Crippen LogP contribution is -2.44. The lowest BCUT2D eigenvalue weighted by molar-refractivity contribution is -0.132. The number of aromatic nitrogens is 1. The van der Waals surface area contributed by atoms with Crippen LogP contribution < -0.4 is 0 Å². The molecule has 6 nitrogen and oxygen atoms in total. The first-order valence-electron chi connectivity index (χ1n) is 8.37. The molecule has 138 valence electrons. The third-order valence-corrected chi connectivity index (χ3v) is 4.15. The molecule has 0 bridgehead atoms. The summed E-state index contributed by atoms with van der Waals surface area (Å²) < 4.78 is 4.73. The van der Waals surface area contributed by atoms with Crippen molar-refractivity contribution < 1.29 is 19.1 Å². The number of carbonyl (C=O) groups is 3. The highest BCUT2D eigenvalue weighted by Crippen LogP contribution is 2.22. The van der Waals surface area contributed by atoms with Gasteiger partial charge in [0.25, 0.3) is 0 Å². The minimum atomic E-state index is -0.650. The van der Waals surface area contributed by atoms with E-state index in [1.165, 1.54) is 12.0 Å². The zero-order valence-corrected chi connectivity index (χ0v) is 15.9. The quantitative estimate of drug-likeness (QED) is 0.445. The minimum Gasteiger partial charge on any atom is -0.464 e. The second-order valence-corrected chi connectivity index (χ2v) is 6.59. The Labute approximate surface area is 149 Å². The third kappa shape index (κ3) is 4.59. The highest BCUT2D eigenvalue weighted by atomic mass is 16.5. The summed E-state index contributed by atoms with van der Waals surface area (Å²) in [6.07, 6.45) is 1.97. The van der Waals surface area contributed by atoms with Gasteiger partial charge in [-0.1, -0.05) is 19.9 Å². The van der Waals surface area contributed by atoms with E-state index in [0.29, 0.717) is 29.8 Å². The van der Waals surface area contributed by atoms with Crippen LogP contribution in [-0.2, 0) is 9.53 Å². The first-order chi connectivity index (χ1) is 11.6. The zero-order valence-electron chi connectivity index (χ0n) is 15.9. The maximum atomic E-state index is 13.0. The summed E-state index contributed by atoms with van der Waals surface area (Å²) in [5.74, 6) is -0.620. The summed E-state index contributed by atoms with van der Waals surface area (Å²) >= 11 is 0. The van der Waals surface area contributed by atoms with E-state index in [2.05, 4.69) is 11.6 Å². The number of methoxy groups -OCH3 is 1. The number of Topliss-reactive ketones (excluding diaryl/α,β-unsaturated/α-hetero) is 1. The Kier molecular flexibility index (Phi) is 7.15. The smallest absolute Gasteiger partial charge is 0.354 e. The number of rotatable bonds is 8. The predicted molar refractivity (Wildman–Crippen MR) is 96.8 cm³/mol. The number of H-pyrrole nitrogens is 1. The zero-order chi connectivity index (χ0) is 19.3. The Bertz CT molecular complexity index is 673. The maximum absolute atomic E-state index is 13.0. The van der Waals surface area contributed by atoms with E-state index < -0.39 is 12.0 Å². The molecule has 1 heterocycles. The SMILES string of the molecule is C=CCN(C(=O)CC(C)C)[C@@H](C)C(=O)c1c(C)[nH]c(C(=O)OC)c1C. The van der Waals surface area contributed by atoms with Crippen molar-refractivity contribution in [1.29, 1.82) is 0 Å². The van der Waals surface area contributed by atoms with Crippen LogP contribution in [0.25, 0.3) is 0 Å². The van der Waals surface area contributed by atoms with Crippen LogP contribution in [0.15, 0.2) is 12.7 Å². The largest absolute Gasteiger partial charge is 0.464 e. The van der Waals surface area contributed by atoms with Crippen LogP contribution in [0.5, 0.6) is 0 Å². The van der Waals surface area contributed by atoms with Gasteiger partial charge >= 0.3 is 5.97 Å². The molecule has 1 rings (SSSR count). The molecule has 1 N–H and O–H groups in total. The van der Waals surface area contributed by atoms with E-state index in [-0.39, 0.29) is 23.3 Å². The van der Waals surface area contributed by atoms with Crippen LogP contribution >= 0.6 is 0 Å². The van der Waals surface area contributed by atoms with Crippen LogP contribution in [0.2, 0.25) is 0 Å². The number of ether oxygens (including phenoxy) is 1. The van der Waals surface area contributed by atoms with Crippen molar-refractivity contribution in [2.45, 2.75) is 47.1 Å². The fraction of sp³-hybridized carbons (Fsp3) is 0.526. The average Bonchev–Trinajstić information content (AvgIpc) is 2.84. The van der Waals surface area contributed by atoms with Crippen molar-refractivity contribution >= 4 is 17.7 Å². The minimum absolute atomic E-state index is 0.0882. The molecule has 0 aliphatic heterocycles. The number of hydrogen-bond acceptors (Lipinski definition) is 4. The van der Waals surface area contributed by atoms with E-state index in [9.17, 15) is 14.4 Å². The van der Waals surface area contributed by atoms with Crippen molar-refractivity contribution in [1.82, 2.24) is 9.88 Å². The van der Waals surface area contributed by atoms with Crippen LogP contribution in [0, 0.1) is 19.8 Å². The monoisotopic (exact) mass is 348 g/mol. The number of carbonyl (C=O) groups excluding carboxylic acids is 3. The van der Waals surface area contributed by atoms with Gasteiger partial charge in [0.05, 0.1) is 13.2 Å². The fourth-order valence-corrected chi connectivity index (χ4v) is 2.86. The molecular formula is C19H28N2O4. The highest BCUT2D eigenvalue weighted by Gasteiger charge is 2.30. The van der Waals surface area contributed by atoms with Crippen LogP contribution in [0.3, 0.4) is 0 Å². The Hall–Kier alpha value is -2.37. The van der Waals surface area contributed by atoms with Crippen molar-refractivity contribution in [3.63, 3.8) is 0 Å². The summed E-state index contributed by atoms with van der Waals surface area (Å²) in [4.78, 5) is 41.8. The summed E-state index contributed by atoms with van der Waals surface area (Å²) in [7, 11) is 1.29. The third-order valence-electron chi connectivity index (χ3n) is 4.15. The summed E-state index contributed by atoms with van der Waals surface area (Å²) in [5.41, 5.74) is 1.82. The molecule has 0 radical (unpaired) electrons. The molecule has 1 atom stereocenters. The van der Waals surface area contributed by atoms with Gasteiger partial charge in [0.2, 0.25) is 5.91 Å². The van der Waals surface area contributed by atoms with Gasteiger partial charge in [0.1, 0.15) is 5.69 Å². The van der Waals surface area contributed by atoms with Crippen molar-refractivity contribution in [2.24, 2.45) is 5.92 Å². The molecule has 0 spiro atoms. The Balaban J connectivity index is 3.19. The fourth-order valence-electron chi connectivity index (χ4n) is 2.86. The summed E-state index contributed by atoms with van der Waals surface area (Å²) in [5, 5.41) is 0. The molecule has 0 saturated heterocycles. The summed E-state index contributed by atoms with van der Waals surface area (Å²) in [6.45, 7) is 13.0. The van der Waals surface area contributed by atoms with Gasteiger partial charge in [-0.05, 0) is 32.3 Å². The molecule has 1 aromatic heterocycles. The number of nitrogens with one attached hydrogen (secondary N) is 1. The summed E-state index contributed by atoms with van der Waals surface area (Å²) in [6, 6.07) is -0.650. The van der Waals surface area contributed by atoms with Crippen LogP contribution in [0.4, 0.5) is 0 Å². The molecule has 0 unspecified atom stereocenters. The first kappa shape index (κ1) is 20.7. The topological polar surface area (TPSA) is 79.5 Å². The van der Waals surface area contributed by atoms with Gasteiger partial charge in [-0.25, -0.2) is 4.79 Å². The number of aryl methyl sites for hydroxylation is 1. The molecular weight excluding hydrogens is 320 g/mol. The Morgan fingerprint density at radius 1 is 1.24 bits per heavy atom. The van der Waals surface area contributed by atoms with Crippen molar-refractivity contribution in [2.75, 3.05) is 13.7 Å². The van der Waals surface area contributed by atoms with Gasteiger partial charge in [0, 0.05) is 24.2 Å². The van der Waals surface area contributed by atoms with E-state index in [0.717, 1.165) is 0 Å². The van der Waals surface area contributed by atoms with Gasteiger partial charge < -0.3 is 14.6 Å². The van der Waals surface area contributed by atoms with E-state index in [1.54, 1.807) is 26.8 Å². The maximum Gasteiger partial charge on any atom is 0.354 e. The first-order valence-corrected chi connectivity index (χ1v) is 8.37. The molecule has 1 amide bonds. The highest BCUT2D eigenvalue weighted by molar-refractivity contribution is 6.06. The second kappa shape index (κ2) is 8.65. The van der Waals surface area contributed by atoms with Gasteiger partial charge in [0.15, 0.2) is 5.78 Å². The van der Waals surface area contributed by atoms with Crippen LogP contribution in [-0.4, -0.2) is 47.2 Å². The molecule has 25 heavy (non-hydrogen) atoms. The van der Waals surface area contributed by atoms with Gasteiger partial charge in [-0.2, -0.15) is 0 Å². The number of ketones is 1. The number of hydrogen-bond donors (Lipinski definition) is 1. The molecule has 0 saturated carbocycles. The Morgan fingerprint density at radius 2 is 1.84 bits per heavy atom. The van der Waals surface area contributed by atoms with E-state index >= 15 is 0 Å². The average molecular weight is 348 g/mol. The number of aromatic amines is 1. The normalized spacial score (nSPS) is 12.0. The van der Waals surface area contributed by atoms with Gasteiger partial charge in [-0.15, -0.1) is 6.58 Å². The molecule has 0 aromatic carbocycles. The number of nitrogens with zero attached hydrogens (tertiary/aromatic N) is 1. The Morgan fingerprint density at radius 3 is 2.32 bits per heavy atom. The lowest BCUT2D eigenvalue weighted by Gasteiger charge is -2.28. The van der Waals surface area contributed by atoms with Gasteiger partial charge in [-0.3, -0.25) is 9.59 Å². The molecule has 0 aliphatic carbocycles. The predicted octanol–water partition coefficient (Wildman–Crippen LogP) is 3.05. The van der Waals surface area contributed by atoms with E-state index in [4.69, 9.17) is 4.74 Å². The van der Waals surface area contributed by atoms with Crippen molar-refractivity contribution in [3.8, 4) is 0 Å². The number of amides is 1. The molecule has 1 aromatic rings. The molecule has 0 aliphatic rings. The van der Waals surface area contributed by atoms with E-state index in [1.807, 2.05) is 13.8 Å². The molecule has 6 heteroatoms. The van der Waals surface area contributed by atoms with Crippen molar-refractivity contribution in [3.05, 3.63) is 35.2 Å². The molecule has 0 fully saturated rings. The van der Waals surface area contributed by atoms with Crippen LogP contribution in [0.1, 0.15) is 59.3 Å². The number of esters is 1. The second-order valence-electron chi connectivity index (χ2n) is 6.59. The lowest BCUT2D eigenvalue weighted by atomic mass is 9.99.